The van der Waals surface area contributed by atoms with E-state index < -0.39 is 5.60 Å². The van der Waals surface area contributed by atoms with Gasteiger partial charge in [0.25, 0.3) is 0 Å². The normalized spacial score (nSPS) is 19.0. The van der Waals surface area contributed by atoms with Gasteiger partial charge in [-0.2, -0.15) is 5.26 Å². The molecule has 1 fully saturated rings. The minimum atomic E-state index is -0.726. The summed E-state index contributed by atoms with van der Waals surface area (Å²) in [5.41, 5.74) is 0.227. The topological polar surface area (TPSA) is 47.3 Å². The first-order valence-corrected chi connectivity index (χ1v) is 7.09. The van der Waals surface area contributed by atoms with Crippen LogP contribution in [0.15, 0.2) is 24.3 Å². The van der Waals surface area contributed by atoms with Gasteiger partial charge in [0.05, 0.1) is 11.7 Å². The molecule has 1 aliphatic rings. The van der Waals surface area contributed by atoms with Crippen molar-refractivity contribution in [1.29, 1.82) is 5.26 Å². The third-order valence-electron chi connectivity index (χ3n) is 3.83. The fourth-order valence-corrected chi connectivity index (χ4v) is 2.70. The molecule has 0 atom stereocenters. The molecule has 4 heteroatoms. The molecular weight excluding hydrogens is 260 g/mol. The van der Waals surface area contributed by atoms with E-state index >= 15 is 0 Å². The van der Waals surface area contributed by atoms with Gasteiger partial charge in [0.15, 0.2) is 0 Å². The largest absolute Gasteiger partial charge is 0.385 e. The first kappa shape index (κ1) is 14.3. The van der Waals surface area contributed by atoms with Crippen LogP contribution in [0, 0.1) is 11.3 Å². The summed E-state index contributed by atoms with van der Waals surface area (Å²) >= 11 is 5.87. The van der Waals surface area contributed by atoms with Gasteiger partial charge in [0.2, 0.25) is 0 Å². The molecule has 1 aromatic carbocycles. The van der Waals surface area contributed by atoms with Gasteiger partial charge in [0.1, 0.15) is 0 Å². The predicted octanol–water partition coefficient (Wildman–Crippen LogP) is 2.93. The fourth-order valence-electron chi connectivity index (χ4n) is 2.58. The van der Waals surface area contributed by atoms with Crippen LogP contribution in [0.5, 0.6) is 0 Å². The van der Waals surface area contributed by atoms with Crippen molar-refractivity contribution >= 4 is 11.6 Å². The van der Waals surface area contributed by atoms with Crippen LogP contribution in [0.4, 0.5) is 0 Å². The van der Waals surface area contributed by atoms with E-state index in [1.165, 1.54) is 0 Å². The first-order valence-electron chi connectivity index (χ1n) is 6.72. The zero-order valence-corrected chi connectivity index (χ0v) is 11.7. The Morgan fingerprint density at radius 2 is 1.89 bits per heavy atom. The van der Waals surface area contributed by atoms with E-state index in [0.717, 1.165) is 44.5 Å². The molecule has 0 unspecified atom stereocenters. The SMILES string of the molecule is N#CCCCN1CCC(O)(c2ccc(Cl)cc2)CC1. The van der Waals surface area contributed by atoms with Gasteiger partial charge in [-0.05, 0) is 43.5 Å². The summed E-state index contributed by atoms with van der Waals surface area (Å²) in [6.07, 6.45) is 3.00. The van der Waals surface area contributed by atoms with E-state index in [-0.39, 0.29) is 0 Å². The lowest BCUT2D eigenvalue weighted by Crippen LogP contribution is -2.42. The van der Waals surface area contributed by atoms with Crippen molar-refractivity contribution in [3.8, 4) is 6.07 Å². The quantitative estimate of drug-likeness (QED) is 0.862. The maximum absolute atomic E-state index is 10.7. The number of piperidine rings is 1. The molecule has 0 radical (unpaired) electrons. The molecule has 1 N–H and O–H groups in total. The van der Waals surface area contributed by atoms with Gasteiger partial charge in [-0.3, -0.25) is 0 Å². The van der Waals surface area contributed by atoms with E-state index in [1.807, 2.05) is 24.3 Å². The van der Waals surface area contributed by atoms with Crippen molar-refractivity contribution in [3.63, 3.8) is 0 Å². The van der Waals surface area contributed by atoms with Crippen LogP contribution < -0.4 is 0 Å². The highest BCUT2D eigenvalue weighted by Gasteiger charge is 2.33. The molecule has 0 amide bonds. The number of hydrogen-bond acceptors (Lipinski definition) is 3. The average Bonchev–Trinajstić information content (AvgIpc) is 2.42. The van der Waals surface area contributed by atoms with Gasteiger partial charge >= 0.3 is 0 Å². The van der Waals surface area contributed by atoms with Crippen molar-refractivity contribution in [1.82, 2.24) is 4.90 Å². The Labute approximate surface area is 119 Å². The summed E-state index contributed by atoms with van der Waals surface area (Å²) in [6, 6.07) is 9.64. The second kappa shape index (κ2) is 6.38. The molecule has 1 aromatic rings. The molecule has 19 heavy (non-hydrogen) atoms. The van der Waals surface area contributed by atoms with E-state index in [2.05, 4.69) is 11.0 Å². The lowest BCUT2D eigenvalue weighted by atomic mass is 9.84. The Kier molecular flexibility index (Phi) is 4.81. The molecule has 3 nitrogen and oxygen atoms in total. The predicted molar refractivity (Wildman–Crippen MR) is 75.9 cm³/mol. The van der Waals surface area contributed by atoms with Crippen LogP contribution in [-0.2, 0) is 5.60 Å². The molecule has 1 heterocycles. The van der Waals surface area contributed by atoms with Crippen LogP contribution >= 0.6 is 11.6 Å². The Morgan fingerprint density at radius 1 is 1.26 bits per heavy atom. The zero-order chi connectivity index (χ0) is 13.7. The summed E-state index contributed by atoms with van der Waals surface area (Å²) in [7, 11) is 0. The Balaban J connectivity index is 1.91. The van der Waals surface area contributed by atoms with E-state index in [9.17, 15) is 5.11 Å². The summed E-state index contributed by atoms with van der Waals surface area (Å²) in [5.74, 6) is 0. The fraction of sp³-hybridized carbons (Fsp3) is 0.533. The summed E-state index contributed by atoms with van der Waals surface area (Å²) in [5, 5.41) is 19.9. The Bertz CT molecular complexity index is 444. The van der Waals surface area contributed by atoms with Gasteiger partial charge in [0, 0.05) is 24.5 Å². The van der Waals surface area contributed by atoms with Gasteiger partial charge in [-0.15, -0.1) is 0 Å². The second-order valence-electron chi connectivity index (χ2n) is 5.14. The molecule has 0 bridgehead atoms. The number of likely N-dealkylation sites (tertiary alicyclic amines) is 1. The average molecular weight is 279 g/mol. The molecular formula is C15H19ClN2O. The second-order valence-corrected chi connectivity index (χ2v) is 5.58. The lowest BCUT2D eigenvalue weighted by molar-refractivity contribution is -0.0259. The maximum Gasteiger partial charge on any atom is 0.0920 e. The molecule has 0 aromatic heterocycles. The van der Waals surface area contributed by atoms with E-state index in [0.29, 0.717) is 11.4 Å². The van der Waals surface area contributed by atoms with Gasteiger partial charge in [-0.1, -0.05) is 23.7 Å². The molecule has 2 rings (SSSR count). The van der Waals surface area contributed by atoms with Crippen LogP contribution in [0.3, 0.4) is 0 Å². The highest BCUT2D eigenvalue weighted by Crippen LogP contribution is 2.33. The zero-order valence-electron chi connectivity index (χ0n) is 11.0. The monoisotopic (exact) mass is 278 g/mol. The number of nitriles is 1. The molecule has 0 saturated carbocycles. The van der Waals surface area contributed by atoms with Crippen molar-refractivity contribution in [3.05, 3.63) is 34.9 Å². The van der Waals surface area contributed by atoms with Crippen molar-refractivity contribution in [2.45, 2.75) is 31.3 Å². The van der Waals surface area contributed by atoms with Crippen LogP contribution in [0.1, 0.15) is 31.2 Å². The number of unbranched alkanes of at least 4 members (excludes halogenated alkanes) is 1. The minimum absolute atomic E-state index is 0.609. The van der Waals surface area contributed by atoms with Crippen molar-refractivity contribution in [2.24, 2.45) is 0 Å². The van der Waals surface area contributed by atoms with Crippen LogP contribution in [0.2, 0.25) is 5.02 Å². The number of nitrogens with zero attached hydrogens (tertiary/aromatic N) is 2. The minimum Gasteiger partial charge on any atom is -0.385 e. The summed E-state index contributed by atoms with van der Waals surface area (Å²) in [6.45, 7) is 2.71. The van der Waals surface area contributed by atoms with Gasteiger partial charge < -0.3 is 10.0 Å². The highest BCUT2D eigenvalue weighted by atomic mass is 35.5. The van der Waals surface area contributed by atoms with Crippen LogP contribution in [0.25, 0.3) is 0 Å². The molecule has 0 spiro atoms. The third-order valence-corrected chi connectivity index (χ3v) is 4.08. The lowest BCUT2D eigenvalue weighted by Gasteiger charge is -2.38. The number of rotatable bonds is 4. The maximum atomic E-state index is 10.7. The third kappa shape index (κ3) is 3.70. The van der Waals surface area contributed by atoms with Crippen molar-refractivity contribution < 1.29 is 5.11 Å². The number of benzene rings is 1. The van der Waals surface area contributed by atoms with E-state index in [1.54, 1.807) is 0 Å². The first-order chi connectivity index (χ1) is 9.14. The Hall–Kier alpha value is -1.08. The summed E-state index contributed by atoms with van der Waals surface area (Å²) < 4.78 is 0. The van der Waals surface area contributed by atoms with Gasteiger partial charge in [-0.25, -0.2) is 0 Å². The molecule has 0 aliphatic carbocycles. The van der Waals surface area contributed by atoms with E-state index in [4.69, 9.17) is 16.9 Å². The molecule has 1 aliphatic heterocycles. The summed E-state index contributed by atoms with van der Waals surface area (Å²) in [4.78, 5) is 2.32. The number of hydrogen-bond donors (Lipinski definition) is 1. The Morgan fingerprint density at radius 3 is 2.47 bits per heavy atom. The molecule has 1 saturated heterocycles. The van der Waals surface area contributed by atoms with Crippen LogP contribution in [-0.4, -0.2) is 29.6 Å². The standard InChI is InChI=1S/C15H19ClN2O/c16-14-5-3-13(4-6-14)15(19)7-11-18(12-8-15)10-2-1-9-17/h3-6,19H,1-2,7-8,10-12H2. The highest BCUT2D eigenvalue weighted by molar-refractivity contribution is 6.30. The molecule has 102 valence electrons. The van der Waals surface area contributed by atoms with Crippen molar-refractivity contribution in [2.75, 3.05) is 19.6 Å². The number of halogens is 1. The smallest absolute Gasteiger partial charge is 0.0920 e. The number of aliphatic hydroxyl groups is 1.